The fourth-order valence-corrected chi connectivity index (χ4v) is 7.09. The highest BCUT2D eigenvalue weighted by molar-refractivity contribution is 5.76. The van der Waals surface area contributed by atoms with Gasteiger partial charge in [0.25, 0.3) is 0 Å². The maximum Gasteiger partial charge on any atom is 0.220 e. The van der Waals surface area contributed by atoms with Crippen LogP contribution in [0.2, 0.25) is 0 Å². The number of aliphatic hydroxyl groups excluding tert-OH is 8. The Labute approximate surface area is 347 Å². The van der Waals surface area contributed by atoms with Crippen LogP contribution in [0.25, 0.3) is 0 Å². The molecule has 338 valence electrons. The molecule has 0 aromatic heterocycles. The molecule has 2 heterocycles. The predicted octanol–water partition coefficient (Wildman–Crippen LogP) is 3.98. The van der Waals surface area contributed by atoms with Crippen molar-refractivity contribution in [3.8, 4) is 0 Å². The SMILES string of the molecule is CCC/C=C/C(O)C(COC1OC(CO)C(OC2OC(CO)C(O)C(O)C2O)C(O)C1O)NC(=O)CCCCCCCCCCC/C=C\C/C=C\CCCCCCC. The van der Waals surface area contributed by atoms with Crippen LogP contribution < -0.4 is 5.32 Å². The zero-order valence-electron chi connectivity index (χ0n) is 35.3. The third-order valence-corrected chi connectivity index (χ3v) is 10.8. The van der Waals surface area contributed by atoms with Crippen molar-refractivity contribution in [1.29, 1.82) is 0 Å². The number of hydrogen-bond acceptors (Lipinski definition) is 13. The van der Waals surface area contributed by atoms with Gasteiger partial charge in [0.05, 0.1) is 32.0 Å². The number of allylic oxidation sites excluding steroid dienone is 5. The van der Waals surface area contributed by atoms with Crippen molar-refractivity contribution in [2.75, 3.05) is 19.8 Å². The summed E-state index contributed by atoms with van der Waals surface area (Å²) >= 11 is 0. The number of rotatable bonds is 32. The lowest BCUT2D eigenvalue weighted by molar-refractivity contribution is -0.359. The highest BCUT2D eigenvalue weighted by Gasteiger charge is 2.50. The van der Waals surface area contributed by atoms with Crippen molar-refractivity contribution in [2.24, 2.45) is 0 Å². The molecule has 1 amide bonds. The number of carbonyl (C=O) groups is 1. The van der Waals surface area contributed by atoms with E-state index in [0.717, 1.165) is 44.9 Å². The summed E-state index contributed by atoms with van der Waals surface area (Å²) in [7, 11) is 0. The normalized spacial score (nSPS) is 29.1. The fraction of sp³-hybridized carbons (Fsp3) is 0.841. The average Bonchev–Trinajstić information content (AvgIpc) is 3.22. The smallest absolute Gasteiger partial charge is 0.220 e. The summed E-state index contributed by atoms with van der Waals surface area (Å²) in [5, 5.41) is 85.6. The van der Waals surface area contributed by atoms with E-state index in [4.69, 9.17) is 18.9 Å². The Balaban J connectivity index is 1.70. The third-order valence-electron chi connectivity index (χ3n) is 10.8. The van der Waals surface area contributed by atoms with Gasteiger partial charge in [0.1, 0.15) is 48.8 Å². The van der Waals surface area contributed by atoms with Crippen molar-refractivity contribution in [1.82, 2.24) is 5.32 Å². The maximum atomic E-state index is 12.9. The molecule has 0 aromatic rings. The molecule has 2 aliphatic heterocycles. The van der Waals surface area contributed by atoms with Crippen LogP contribution in [0.4, 0.5) is 0 Å². The zero-order valence-corrected chi connectivity index (χ0v) is 35.3. The second-order valence-electron chi connectivity index (χ2n) is 15.8. The zero-order chi connectivity index (χ0) is 42.5. The predicted molar refractivity (Wildman–Crippen MR) is 221 cm³/mol. The summed E-state index contributed by atoms with van der Waals surface area (Å²) in [5.74, 6) is -0.259. The molecule has 0 saturated carbocycles. The van der Waals surface area contributed by atoms with Crippen LogP contribution in [0.15, 0.2) is 36.5 Å². The van der Waals surface area contributed by atoms with E-state index < -0.39 is 86.8 Å². The van der Waals surface area contributed by atoms with E-state index in [2.05, 4.69) is 36.5 Å². The maximum absolute atomic E-state index is 12.9. The molecule has 0 spiro atoms. The third kappa shape index (κ3) is 20.2. The minimum atomic E-state index is -1.78. The van der Waals surface area contributed by atoms with E-state index in [1.807, 2.05) is 6.92 Å². The van der Waals surface area contributed by atoms with Crippen molar-refractivity contribution < 1.29 is 64.6 Å². The van der Waals surface area contributed by atoms with E-state index in [0.29, 0.717) is 6.42 Å². The Kier molecular flexibility index (Phi) is 28.9. The Bertz CT molecular complexity index is 1120. The van der Waals surface area contributed by atoms with Gasteiger partial charge in [-0.15, -0.1) is 0 Å². The van der Waals surface area contributed by atoms with Crippen LogP contribution in [0.3, 0.4) is 0 Å². The second kappa shape index (κ2) is 32.0. The quantitative estimate of drug-likeness (QED) is 0.0346. The lowest BCUT2D eigenvalue weighted by atomic mass is 9.97. The van der Waals surface area contributed by atoms with Crippen LogP contribution in [-0.4, -0.2) is 140 Å². The van der Waals surface area contributed by atoms with E-state index in [9.17, 15) is 45.6 Å². The number of amides is 1. The monoisotopic (exact) mass is 830 g/mol. The van der Waals surface area contributed by atoms with Gasteiger partial charge in [-0.05, 0) is 44.9 Å². The van der Waals surface area contributed by atoms with Crippen molar-refractivity contribution in [3.05, 3.63) is 36.5 Å². The molecule has 2 fully saturated rings. The van der Waals surface area contributed by atoms with E-state index in [1.54, 1.807) is 12.2 Å². The summed E-state index contributed by atoms with van der Waals surface area (Å²) < 4.78 is 22.4. The van der Waals surface area contributed by atoms with E-state index in [1.165, 1.54) is 70.6 Å². The molecule has 2 saturated heterocycles. The Morgan fingerprint density at radius 1 is 0.621 bits per heavy atom. The lowest BCUT2D eigenvalue weighted by Crippen LogP contribution is -2.65. The highest BCUT2D eigenvalue weighted by Crippen LogP contribution is 2.30. The Morgan fingerprint density at radius 2 is 1.17 bits per heavy atom. The van der Waals surface area contributed by atoms with Crippen LogP contribution in [-0.2, 0) is 23.7 Å². The molecular formula is C44H79NO13. The molecule has 14 nitrogen and oxygen atoms in total. The molecule has 14 heteroatoms. The van der Waals surface area contributed by atoms with Crippen LogP contribution >= 0.6 is 0 Å². The minimum absolute atomic E-state index is 0.259. The first-order valence-electron chi connectivity index (χ1n) is 22.2. The first-order chi connectivity index (χ1) is 28.1. The van der Waals surface area contributed by atoms with Gasteiger partial charge in [0.15, 0.2) is 12.6 Å². The molecule has 12 unspecified atom stereocenters. The summed E-state index contributed by atoms with van der Waals surface area (Å²) in [5.41, 5.74) is 0. The number of unbranched alkanes of at least 4 members (excludes halogenated alkanes) is 15. The van der Waals surface area contributed by atoms with Gasteiger partial charge in [-0.2, -0.15) is 0 Å². The standard InChI is InChI=1S/C44H79NO13/c1-3-5-7-8-9-10-11-12-13-14-15-16-17-18-19-20-21-22-23-24-26-28-36(49)45-32(33(48)27-25-6-4-2)31-55-43-41(54)39(52)42(35(30-47)57-43)58-44-40(53)38(51)37(50)34(29-46)56-44/h11-12,14-15,25,27,32-35,37-44,46-48,50-54H,3-10,13,16-24,26,28-31H2,1-2H3,(H,45,49)/b12-11-,15-14-,27-25+. The topological polar surface area (TPSA) is 228 Å². The second-order valence-corrected chi connectivity index (χ2v) is 15.8. The fourth-order valence-electron chi connectivity index (χ4n) is 7.09. The molecule has 2 rings (SSSR count). The van der Waals surface area contributed by atoms with Gasteiger partial charge in [0, 0.05) is 6.42 Å². The van der Waals surface area contributed by atoms with Gasteiger partial charge < -0.3 is 65.1 Å². The molecule has 2 aliphatic rings. The minimum Gasteiger partial charge on any atom is -0.394 e. The summed E-state index contributed by atoms with van der Waals surface area (Å²) in [6.07, 6.45) is 17.3. The molecule has 12 atom stereocenters. The summed E-state index contributed by atoms with van der Waals surface area (Å²) in [6, 6.07) is -0.911. The molecular weight excluding hydrogens is 750 g/mol. The van der Waals surface area contributed by atoms with Crippen molar-refractivity contribution in [3.63, 3.8) is 0 Å². The number of nitrogens with one attached hydrogen (secondary N) is 1. The molecule has 0 aliphatic carbocycles. The summed E-state index contributed by atoms with van der Waals surface area (Å²) in [6.45, 7) is 2.52. The summed E-state index contributed by atoms with van der Waals surface area (Å²) in [4.78, 5) is 12.9. The average molecular weight is 830 g/mol. The number of ether oxygens (including phenoxy) is 4. The first-order valence-corrected chi connectivity index (χ1v) is 22.2. The van der Waals surface area contributed by atoms with Gasteiger partial charge >= 0.3 is 0 Å². The molecule has 0 aromatic carbocycles. The number of aliphatic hydroxyl groups is 8. The number of hydrogen-bond donors (Lipinski definition) is 9. The van der Waals surface area contributed by atoms with Crippen molar-refractivity contribution >= 4 is 5.91 Å². The Hall–Kier alpha value is -1.79. The van der Waals surface area contributed by atoms with Crippen LogP contribution in [0.5, 0.6) is 0 Å². The van der Waals surface area contributed by atoms with E-state index in [-0.39, 0.29) is 18.9 Å². The molecule has 0 radical (unpaired) electrons. The van der Waals surface area contributed by atoms with Gasteiger partial charge in [-0.3, -0.25) is 4.79 Å². The molecule has 58 heavy (non-hydrogen) atoms. The van der Waals surface area contributed by atoms with Crippen LogP contribution in [0.1, 0.15) is 142 Å². The van der Waals surface area contributed by atoms with E-state index >= 15 is 0 Å². The number of carbonyl (C=O) groups excluding carboxylic acids is 1. The highest BCUT2D eigenvalue weighted by atomic mass is 16.7. The lowest BCUT2D eigenvalue weighted by Gasteiger charge is -2.46. The molecule has 9 N–H and O–H groups in total. The van der Waals surface area contributed by atoms with Crippen LogP contribution in [0, 0.1) is 0 Å². The molecule has 0 bridgehead atoms. The van der Waals surface area contributed by atoms with Gasteiger partial charge in [0.2, 0.25) is 5.91 Å². The van der Waals surface area contributed by atoms with Crippen molar-refractivity contribution in [2.45, 2.75) is 216 Å². The first kappa shape index (κ1) is 52.3. The van der Waals surface area contributed by atoms with Gasteiger partial charge in [-0.25, -0.2) is 0 Å². The van der Waals surface area contributed by atoms with Gasteiger partial charge in [-0.1, -0.05) is 127 Å². The Morgan fingerprint density at radius 3 is 1.76 bits per heavy atom. The largest absolute Gasteiger partial charge is 0.394 e.